The summed E-state index contributed by atoms with van der Waals surface area (Å²) in [4.78, 5) is 2.85. The molecule has 0 heterocycles. The molecule has 130 valence electrons. The summed E-state index contributed by atoms with van der Waals surface area (Å²) < 4.78 is 0. The van der Waals surface area contributed by atoms with Crippen LogP contribution in [0.4, 0.5) is 11.4 Å². The van der Waals surface area contributed by atoms with Crippen molar-refractivity contribution in [3.63, 3.8) is 0 Å². The summed E-state index contributed by atoms with van der Waals surface area (Å²) in [5.41, 5.74) is 7.41. The van der Waals surface area contributed by atoms with Crippen LogP contribution in [0.5, 0.6) is 0 Å². The molecule has 4 heteroatoms. The smallest absolute Gasteiger partial charge is 0.100 e. The van der Waals surface area contributed by atoms with Gasteiger partial charge >= 0.3 is 0 Å². The molecule has 0 aliphatic heterocycles. The van der Waals surface area contributed by atoms with Gasteiger partial charge in [0.2, 0.25) is 0 Å². The maximum Gasteiger partial charge on any atom is 0.100 e. The number of hydrazone groups is 1. The normalized spacial score (nSPS) is 10.7. The van der Waals surface area contributed by atoms with Gasteiger partial charge in [-0.2, -0.15) is 5.10 Å². The minimum absolute atomic E-state index is 0.689. The summed E-state index contributed by atoms with van der Waals surface area (Å²) in [7, 11) is 2.06. The number of nitrogens with one attached hydrogen (secondary N) is 1. The van der Waals surface area contributed by atoms with E-state index in [0.29, 0.717) is 11.4 Å². The van der Waals surface area contributed by atoms with Crippen molar-refractivity contribution in [1.82, 2.24) is 5.43 Å². The molecule has 1 N–H and O–H groups in total. The number of thiocarbonyl (C=S) groups is 1. The Kier molecular flexibility index (Phi) is 6.12. The number of rotatable bonds is 6. The number of hydrogen-bond donors (Lipinski definition) is 1. The zero-order chi connectivity index (χ0) is 18.2. The van der Waals surface area contributed by atoms with E-state index in [4.69, 9.17) is 12.2 Å². The van der Waals surface area contributed by atoms with Crippen molar-refractivity contribution in [3.05, 3.63) is 96.1 Å². The predicted octanol–water partition coefficient (Wildman–Crippen LogP) is 4.95. The van der Waals surface area contributed by atoms with E-state index in [-0.39, 0.29) is 0 Å². The van der Waals surface area contributed by atoms with Gasteiger partial charge in [-0.25, -0.2) is 0 Å². The van der Waals surface area contributed by atoms with Gasteiger partial charge in [0.1, 0.15) is 4.99 Å². The lowest BCUT2D eigenvalue weighted by atomic mass is 10.1. The van der Waals surface area contributed by atoms with Crippen LogP contribution in [-0.4, -0.2) is 18.3 Å². The topological polar surface area (TPSA) is 27.6 Å². The first kappa shape index (κ1) is 17.8. The molecule has 3 rings (SSSR count). The Hall–Kier alpha value is -2.98. The molecule has 0 aliphatic carbocycles. The van der Waals surface area contributed by atoms with Crippen LogP contribution in [0.2, 0.25) is 0 Å². The first-order valence-corrected chi connectivity index (χ1v) is 8.88. The summed E-state index contributed by atoms with van der Waals surface area (Å²) in [6.07, 6.45) is 2.47. The molecule has 0 saturated carbocycles. The lowest BCUT2D eigenvalue weighted by Crippen LogP contribution is -2.17. The Bertz CT molecular complexity index is 859. The van der Waals surface area contributed by atoms with Crippen molar-refractivity contribution in [3.8, 4) is 0 Å². The first-order chi connectivity index (χ1) is 12.7. The van der Waals surface area contributed by atoms with Gasteiger partial charge in [0.15, 0.2) is 0 Å². The maximum absolute atomic E-state index is 5.33. The summed E-state index contributed by atoms with van der Waals surface area (Å²) in [5, 5.41) is 4.24. The first-order valence-electron chi connectivity index (χ1n) is 8.47. The Balaban J connectivity index is 1.55. The average molecular weight is 359 g/mol. The molecule has 0 spiro atoms. The number of hydrogen-bond acceptors (Lipinski definition) is 3. The molecule has 3 aromatic carbocycles. The van der Waals surface area contributed by atoms with E-state index in [9.17, 15) is 0 Å². The molecule has 0 saturated heterocycles. The van der Waals surface area contributed by atoms with E-state index in [0.717, 1.165) is 16.9 Å². The number of para-hydroxylation sites is 1. The number of nitrogens with zero attached hydrogens (tertiary/aromatic N) is 2. The lowest BCUT2D eigenvalue weighted by Gasteiger charge is -2.19. The molecule has 0 aliphatic rings. The second-order valence-electron chi connectivity index (χ2n) is 5.94. The lowest BCUT2D eigenvalue weighted by molar-refractivity contribution is 1.02. The highest BCUT2D eigenvalue weighted by Crippen LogP contribution is 2.22. The van der Waals surface area contributed by atoms with Crippen LogP contribution < -0.4 is 10.3 Å². The minimum atomic E-state index is 0.689. The predicted molar refractivity (Wildman–Crippen MR) is 114 cm³/mol. The van der Waals surface area contributed by atoms with Crippen LogP contribution >= 0.6 is 12.2 Å². The highest BCUT2D eigenvalue weighted by atomic mass is 32.1. The van der Waals surface area contributed by atoms with Crippen LogP contribution in [0.3, 0.4) is 0 Å². The van der Waals surface area contributed by atoms with Gasteiger partial charge in [0.25, 0.3) is 0 Å². The molecule has 0 aromatic heterocycles. The summed E-state index contributed by atoms with van der Waals surface area (Å²) >= 11 is 5.33. The molecule has 0 radical (unpaired) electrons. The van der Waals surface area contributed by atoms with Gasteiger partial charge in [-0.15, -0.1) is 0 Å². The monoisotopic (exact) mass is 359 g/mol. The Morgan fingerprint density at radius 1 is 0.885 bits per heavy atom. The molecule has 0 unspecified atom stereocenters. The van der Waals surface area contributed by atoms with Gasteiger partial charge < -0.3 is 4.90 Å². The third-order valence-corrected chi connectivity index (χ3v) is 4.27. The second kappa shape index (κ2) is 8.92. The van der Waals surface area contributed by atoms with Crippen LogP contribution in [-0.2, 0) is 6.42 Å². The molecule has 3 aromatic rings. The maximum atomic E-state index is 5.33. The largest absolute Gasteiger partial charge is 0.345 e. The van der Waals surface area contributed by atoms with Crippen molar-refractivity contribution < 1.29 is 0 Å². The van der Waals surface area contributed by atoms with Crippen molar-refractivity contribution in [2.24, 2.45) is 5.10 Å². The zero-order valence-corrected chi connectivity index (χ0v) is 15.5. The van der Waals surface area contributed by atoms with Gasteiger partial charge in [-0.3, -0.25) is 5.43 Å². The van der Waals surface area contributed by atoms with Crippen molar-refractivity contribution in [1.29, 1.82) is 0 Å². The van der Waals surface area contributed by atoms with Gasteiger partial charge in [-0.1, -0.05) is 72.9 Å². The Morgan fingerprint density at radius 3 is 2.12 bits per heavy atom. The fraction of sp³-hybridized carbons (Fsp3) is 0.0909. The van der Waals surface area contributed by atoms with Gasteiger partial charge in [0, 0.05) is 24.8 Å². The van der Waals surface area contributed by atoms with Crippen LogP contribution in [0, 0.1) is 0 Å². The quantitative estimate of drug-likeness (QED) is 0.383. The van der Waals surface area contributed by atoms with E-state index in [1.54, 1.807) is 6.21 Å². The molecule has 0 amide bonds. The van der Waals surface area contributed by atoms with E-state index in [1.165, 1.54) is 5.56 Å². The summed E-state index contributed by atoms with van der Waals surface area (Å²) in [6, 6.07) is 28.6. The number of anilines is 2. The molecule has 0 fully saturated rings. The Labute approximate surface area is 160 Å². The van der Waals surface area contributed by atoms with Gasteiger partial charge in [0.05, 0.1) is 6.21 Å². The molecule has 3 nitrogen and oxygen atoms in total. The standard InChI is InChI=1S/C22H21N3S/c1-25(20-10-6-3-7-11-20)21-14-12-19(13-15-21)17-23-24-22(26)16-18-8-4-2-5-9-18/h2-15,17H,16H2,1H3,(H,24,26). The van der Waals surface area contributed by atoms with E-state index in [1.807, 2.05) is 48.5 Å². The highest BCUT2D eigenvalue weighted by Gasteiger charge is 2.02. The SMILES string of the molecule is CN(c1ccccc1)c1ccc(C=NNC(=S)Cc2ccccc2)cc1. The number of benzene rings is 3. The summed E-state index contributed by atoms with van der Waals surface area (Å²) in [6.45, 7) is 0. The third kappa shape index (κ3) is 5.01. The van der Waals surface area contributed by atoms with Crippen LogP contribution in [0.25, 0.3) is 0 Å². The highest BCUT2D eigenvalue weighted by molar-refractivity contribution is 7.80. The average Bonchev–Trinajstić information content (AvgIpc) is 2.69. The molecule has 26 heavy (non-hydrogen) atoms. The van der Waals surface area contributed by atoms with E-state index >= 15 is 0 Å². The van der Waals surface area contributed by atoms with Crippen molar-refractivity contribution >= 4 is 34.8 Å². The molecular weight excluding hydrogens is 338 g/mol. The Morgan fingerprint density at radius 2 is 1.46 bits per heavy atom. The van der Waals surface area contributed by atoms with Crippen LogP contribution in [0.15, 0.2) is 90.0 Å². The fourth-order valence-electron chi connectivity index (χ4n) is 2.58. The molecular formula is C22H21N3S. The zero-order valence-electron chi connectivity index (χ0n) is 14.7. The third-order valence-electron chi connectivity index (χ3n) is 4.03. The summed E-state index contributed by atoms with van der Waals surface area (Å²) in [5.74, 6) is 0. The van der Waals surface area contributed by atoms with Crippen molar-refractivity contribution in [2.45, 2.75) is 6.42 Å². The van der Waals surface area contributed by atoms with Gasteiger partial charge in [-0.05, 0) is 35.4 Å². The molecule has 0 bridgehead atoms. The van der Waals surface area contributed by atoms with Crippen molar-refractivity contribution in [2.75, 3.05) is 11.9 Å². The van der Waals surface area contributed by atoms with Crippen LogP contribution in [0.1, 0.15) is 11.1 Å². The van der Waals surface area contributed by atoms with E-state index < -0.39 is 0 Å². The van der Waals surface area contributed by atoms with E-state index in [2.05, 4.69) is 58.9 Å². The molecule has 0 atom stereocenters. The second-order valence-corrected chi connectivity index (χ2v) is 6.43. The minimum Gasteiger partial charge on any atom is -0.345 e. The fourth-order valence-corrected chi connectivity index (χ4v) is 2.80.